The lowest BCUT2D eigenvalue weighted by Gasteiger charge is -2.05. The molecule has 0 fully saturated rings. The van der Waals surface area contributed by atoms with Crippen LogP contribution in [0.5, 0.6) is 11.5 Å². The maximum Gasteiger partial charge on any atom is 0.127 e. The summed E-state index contributed by atoms with van der Waals surface area (Å²) in [5, 5.41) is 0. The number of hydrogen-bond acceptors (Lipinski definition) is 1. The first-order chi connectivity index (χ1) is 15.3. The van der Waals surface area contributed by atoms with Crippen LogP contribution in [0.15, 0.2) is 109 Å². The van der Waals surface area contributed by atoms with Crippen molar-refractivity contribution in [3.8, 4) is 35.2 Å². The van der Waals surface area contributed by atoms with Crippen LogP contribution < -0.4 is 4.74 Å². The Bertz CT molecular complexity index is 1110. The fourth-order valence-corrected chi connectivity index (χ4v) is 3.04. The van der Waals surface area contributed by atoms with Gasteiger partial charge in [-0.25, -0.2) is 0 Å². The lowest BCUT2D eigenvalue weighted by atomic mass is 10.1. The highest BCUT2D eigenvalue weighted by atomic mass is 16.5. The first kappa shape index (κ1) is 20.1. The number of hydrogen-bond donors (Lipinski definition) is 0. The van der Waals surface area contributed by atoms with Crippen molar-refractivity contribution in [2.45, 2.75) is 12.8 Å². The van der Waals surface area contributed by atoms with Gasteiger partial charge in [0.15, 0.2) is 0 Å². The fourth-order valence-electron chi connectivity index (χ4n) is 3.04. The van der Waals surface area contributed by atoms with Gasteiger partial charge in [-0.2, -0.15) is 0 Å². The molecule has 0 saturated carbocycles. The SMILES string of the molecule is C(#Cc1ccc(Oc2ccc(C#CCc3ccccc3)cc2)cc1)Cc1ccccc1. The van der Waals surface area contributed by atoms with Crippen LogP contribution in [0.4, 0.5) is 0 Å². The predicted octanol–water partition coefficient (Wildman–Crippen LogP) is 6.67. The summed E-state index contributed by atoms with van der Waals surface area (Å²) >= 11 is 0. The van der Waals surface area contributed by atoms with Crippen molar-refractivity contribution in [3.05, 3.63) is 131 Å². The Morgan fingerprint density at radius 2 is 0.839 bits per heavy atom. The molecule has 0 amide bonds. The van der Waals surface area contributed by atoms with Crippen LogP contribution in [0.2, 0.25) is 0 Å². The third-order valence-electron chi connectivity index (χ3n) is 4.68. The van der Waals surface area contributed by atoms with E-state index in [4.69, 9.17) is 4.74 Å². The van der Waals surface area contributed by atoms with E-state index in [-0.39, 0.29) is 0 Å². The molecule has 0 radical (unpaired) electrons. The second-order valence-electron chi connectivity index (χ2n) is 7.08. The van der Waals surface area contributed by atoms with Crippen molar-refractivity contribution in [3.63, 3.8) is 0 Å². The van der Waals surface area contributed by atoms with Crippen LogP contribution in [-0.4, -0.2) is 0 Å². The second kappa shape index (κ2) is 10.5. The maximum absolute atomic E-state index is 5.94. The molecule has 0 unspecified atom stereocenters. The molecule has 0 atom stereocenters. The van der Waals surface area contributed by atoms with E-state index in [0.29, 0.717) is 0 Å². The molecule has 0 aliphatic rings. The summed E-state index contributed by atoms with van der Waals surface area (Å²) in [6.45, 7) is 0. The summed E-state index contributed by atoms with van der Waals surface area (Å²) in [5.74, 6) is 14.4. The molecule has 0 spiro atoms. The van der Waals surface area contributed by atoms with Crippen LogP contribution in [0, 0.1) is 23.7 Å². The molecule has 0 saturated heterocycles. The van der Waals surface area contributed by atoms with Crippen molar-refractivity contribution in [1.29, 1.82) is 0 Å². The molecule has 4 rings (SSSR count). The minimum absolute atomic E-state index is 0.750. The summed E-state index contributed by atoms with van der Waals surface area (Å²) in [5.41, 5.74) is 4.41. The molecular weight excluding hydrogens is 376 g/mol. The van der Waals surface area contributed by atoms with Gasteiger partial charge in [0.2, 0.25) is 0 Å². The van der Waals surface area contributed by atoms with Gasteiger partial charge in [0.1, 0.15) is 11.5 Å². The summed E-state index contributed by atoms with van der Waals surface area (Å²) < 4.78 is 5.94. The highest BCUT2D eigenvalue weighted by Crippen LogP contribution is 2.22. The first-order valence-electron chi connectivity index (χ1n) is 10.3. The number of ether oxygens (including phenoxy) is 1. The van der Waals surface area contributed by atoms with Crippen LogP contribution in [0.1, 0.15) is 22.3 Å². The van der Waals surface area contributed by atoms with Gasteiger partial charge in [0.25, 0.3) is 0 Å². The number of benzene rings is 4. The molecule has 31 heavy (non-hydrogen) atoms. The molecule has 4 aromatic carbocycles. The quantitative estimate of drug-likeness (QED) is 0.349. The van der Waals surface area contributed by atoms with Gasteiger partial charge in [0.05, 0.1) is 0 Å². The normalized spacial score (nSPS) is 9.68. The molecule has 4 aromatic rings. The van der Waals surface area contributed by atoms with Gasteiger partial charge < -0.3 is 4.74 Å². The summed E-state index contributed by atoms with van der Waals surface area (Å²) in [6, 6.07) is 36.2. The summed E-state index contributed by atoms with van der Waals surface area (Å²) in [4.78, 5) is 0. The largest absolute Gasteiger partial charge is 0.457 e. The maximum atomic E-state index is 5.94. The van der Waals surface area contributed by atoms with Gasteiger partial charge in [-0.15, -0.1) is 0 Å². The molecule has 1 nitrogen and oxygen atoms in total. The van der Waals surface area contributed by atoms with Gasteiger partial charge >= 0.3 is 0 Å². The van der Waals surface area contributed by atoms with Crippen LogP contribution >= 0.6 is 0 Å². The van der Waals surface area contributed by atoms with E-state index >= 15 is 0 Å². The van der Waals surface area contributed by atoms with Crippen molar-refractivity contribution in [1.82, 2.24) is 0 Å². The van der Waals surface area contributed by atoms with Crippen LogP contribution in [0.3, 0.4) is 0 Å². The standard InChI is InChI=1S/C30H22O/c1-3-9-25(10-4-1)13-7-15-27-17-21-29(22-18-27)31-30-23-19-28(20-24-30)16-8-14-26-11-5-2-6-12-26/h1-6,9-12,17-24H,13-14H2. The third-order valence-corrected chi connectivity index (χ3v) is 4.68. The Kier molecular flexibility index (Phi) is 6.83. The Balaban J connectivity index is 1.31. The highest BCUT2D eigenvalue weighted by molar-refractivity contribution is 5.43. The first-order valence-corrected chi connectivity index (χ1v) is 10.3. The van der Waals surface area contributed by atoms with Crippen molar-refractivity contribution >= 4 is 0 Å². The minimum Gasteiger partial charge on any atom is -0.457 e. The molecule has 1 heteroatoms. The zero-order valence-electron chi connectivity index (χ0n) is 17.2. The lowest BCUT2D eigenvalue weighted by molar-refractivity contribution is 0.482. The molecule has 0 heterocycles. The van der Waals surface area contributed by atoms with Gasteiger partial charge in [-0.3, -0.25) is 0 Å². The van der Waals surface area contributed by atoms with E-state index in [9.17, 15) is 0 Å². The van der Waals surface area contributed by atoms with Crippen LogP contribution in [0.25, 0.3) is 0 Å². The Hall–Kier alpha value is -4.20. The smallest absolute Gasteiger partial charge is 0.127 e. The van der Waals surface area contributed by atoms with E-state index in [1.807, 2.05) is 84.9 Å². The zero-order valence-corrected chi connectivity index (χ0v) is 17.2. The summed E-state index contributed by atoms with van der Waals surface area (Å²) in [7, 11) is 0. The van der Waals surface area contributed by atoms with Gasteiger partial charge in [-0.05, 0) is 59.7 Å². The highest BCUT2D eigenvalue weighted by Gasteiger charge is 1.98. The van der Waals surface area contributed by atoms with E-state index in [0.717, 1.165) is 35.5 Å². The second-order valence-corrected chi connectivity index (χ2v) is 7.08. The lowest BCUT2D eigenvalue weighted by Crippen LogP contribution is -1.85. The van der Waals surface area contributed by atoms with Crippen LogP contribution in [-0.2, 0) is 12.8 Å². The van der Waals surface area contributed by atoms with E-state index in [1.54, 1.807) is 0 Å². The zero-order chi connectivity index (χ0) is 21.1. The Morgan fingerprint density at radius 3 is 1.23 bits per heavy atom. The van der Waals surface area contributed by atoms with Gasteiger partial charge in [0, 0.05) is 24.0 Å². The molecule has 0 aliphatic carbocycles. The summed E-state index contributed by atoms with van der Waals surface area (Å²) in [6.07, 6.45) is 1.50. The Labute approximate surface area is 184 Å². The fraction of sp³-hybridized carbons (Fsp3) is 0.0667. The average Bonchev–Trinajstić information content (AvgIpc) is 2.83. The van der Waals surface area contributed by atoms with E-state index in [1.165, 1.54) is 11.1 Å². The van der Waals surface area contributed by atoms with Crippen molar-refractivity contribution < 1.29 is 4.74 Å². The van der Waals surface area contributed by atoms with E-state index in [2.05, 4.69) is 47.9 Å². The molecule has 0 bridgehead atoms. The third kappa shape index (κ3) is 6.40. The topological polar surface area (TPSA) is 9.23 Å². The predicted molar refractivity (Wildman–Crippen MR) is 127 cm³/mol. The molecule has 0 aromatic heterocycles. The van der Waals surface area contributed by atoms with Gasteiger partial charge in [-0.1, -0.05) is 84.3 Å². The Morgan fingerprint density at radius 1 is 0.452 bits per heavy atom. The number of rotatable bonds is 4. The molecule has 148 valence electrons. The minimum atomic E-state index is 0.750. The molecular formula is C30H22O. The average molecular weight is 399 g/mol. The molecule has 0 aliphatic heterocycles. The van der Waals surface area contributed by atoms with Crippen molar-refractivity contribution in [2.24, 2.45) is 0 Å². The van der Waals surface area contributed by atoms with E-state index < -0.39 is 0 Å². The molecule has 0 N–H and O–H groups in total. The monoisotopic (exact) mass is 398 g/mol. The van der Waals surface area contributed by atoms with Crippen molar-refractivity contribution in [2.75, 3.05) is 0 Å².